The third kappa shape index (κ3) is 4.32. The van der Waals surface area contributed by atoms with E-state index in [1.54, 1.807) is 18.4 Å². The van der Waals surface area contributed by atoms with Crippen molar-refractivity contribution in [2.45, 2.75) is 11.8 Å². The maximum absolute atomic E-state index is 12.1. The maximum Gasteiger partial charge on any atom is 0.277 e. The molecule has 0 saturated heterocycles. The van der Waals surface area contributed by atoms with E-state index in [4.69, 9.17) is 9.15 Å². The van der Waals surface area contributed by atoms with Crippen LogP contribution in [0.5, 0.6) is 5.75 Å². The van der Waals surface area contributed by atoms with Gasteiger partial charge in [0.1, 0.15) is 10.8 Å². The topological polar surface area (TPSA) is 90.1 Å². The van der Waals surface area contributed by atoms with E-state index >= 15 is 0 Å². The third-order valence-corrected chi connectivity index (χ3v) is 5.70. The molecule has 0 bridgehead atoms. The number of rotatable bonds is 7. The van der Waals surface area contributed by atoms with Crippen LogP contribution in [0.25, 0.3) is 21.7 Å². The Morgan fingerprint density at radius 3 is 2.79 bits per heavy atom. The van der Waals surface area contributed by atoms with Crippen LogP contribution in [0.2, 0.25) is 0 Å². The second-order valence-electron chi connectivity index (χ2n) is 5.74. The molecule has 0 aliphatic rings. The number of hydrogen-bond donors (Lipinski definition) is 1. The Kier molecular flexibility index (Phi) is 5.54. The van der Waals surface area contributed by atoms with Crippen LogP contribution in [0, 0.1) is 0 Å². The minimum Gasteiger partial charge on any atom is -0.497 e. The zero-order valence-electron chi connectivity index (χ0n) is 14.9. The fourth-order valence-corrected chi connectivity index (χ4v) is 3.97. The normalized spacial score (nSPS) is 10.9. The zero-order valence-corrected chi connectivity index (χ0v) is 16.5. The molecule has 0 fully saturated rings. The molecule has 0 spiro atoms. The first-order valence-electron chi connectivity index (χ1n) is 8.43. The highest BCUT2D eigenvalue weighted by Gasteiger charge is 2.12. The molecule has 0 unspecified atom stereocenters. The van der Waals surface area contributed by atoms with Gasteiger partial charge in [0.05, 0.1) is 29.6 Å². The molecule has 0 aliphatic carbocycles. The number of aromatic nitrogens is 3. The van der Waals surface area contributed by atoms with E-state index in [0.29, 0.717) is 17.7 Å². The van der Waals surface area contributed by atoms with Crippen molar-refractivity contribution < 1.29 is 13.9 Å². The van der Waals surface area contributed by atoms with Crippen LogP contribution in [0.15, 0.2) is 58.2 Å². The molecule has 4 aromatic rings. The smallest absolute Gasteiger partial charge is 0.277 e. The predicted octanol–water partition coefficient (Wildman–Crippen LogP) is 3.76. The molecule has 0 radical (unpaired) electrons. The minimum absolute atomic E-state index is 0.117. The van der Waals surface area contributed by atoms with Crippen molar-refractivity contribution in [3.8, 4) is 17.2 Å². The molecule has 4 rings (SSSR count). The van der Waals surface area contributed by atoms with Crippen LogP contribution in [-0.2, 0) is 11.3 Å². The third-order valence-electron chi connectivity index (χ3n) is 3.85. The predicted molar refractivity (Wildman–Crippen MR) is 108 cm³/mol. The number of thiazole rings is 1. The van der Waals surface area contributed by atoms with Crippen molar-refractivity contribution in [1.82, 2.24) is 20.5 Å². The summed E-state index contributed by atoms with van der Waals surface area (Å²) in [7, 11) is 1.61. The Morgan fingerprint density at radius 1 is 1.18 bits per heavy atom. The second kappa shape index (κ2) is 8.41. The summed E-state index contributed by atoms with van der Waals surface area (Å²) >= 11 is 2.77. The number of ether oxygens (including phenoxy) is 1. The lowest BCUT2D eigenvalue weighted by Crippen LogP contribution is -2.24. The van der Waals surface area contributed by atoms with Crippen molar-refractivity contribution >= 4 is 39.2 Å². The first kappa shape index (κ1) is 18.5. The molecule has 2 aromatic carbocycles. The van der Waals surface area contributed by atoms with Gasteiger partial charge in [0, 0.05) is 5.56 Å². The minimum atomic E-state index is -0.117. The standard InChI is InChI=1S/C19H16N4O3S2/c1-25-13-8-6-12(7-9-13)18-22-23-19(26-18)27-11-16(24)20-10-17-21-14-4-2-3-5-15(14)28-17/h2-9H,10-11H2,1H3,(H,20,24). The number of carbonyl (C=O) groups is 1. The number of nitrogens with one attached hydrogen (secondary N) is 1. The van der Waals surface area contributed by atoms with Crippen LogP contribution in [0.4, 0.5) is 0 Å². The Balaban J connectivity index is 1.29. The monoisotopic (exact) mass is 412 g/mol. The zero-order chi connectivity index (χ0) is 19.3. The maximum atomic E-state index is 12.1. The van der Waals surface area contributed by atoms with Gasteiger partial charge in [-0.15, -0.1) is 21.5 Å². The number of hydrogen-bond acceptors (Lipinski definition) is 8. The van der Waals surface area contributed by atoms with Gasteiger partial charge in [-0.3, -0.25) is 4.79 Å². The summed E-state index contributed by atoms with van der Waals surface area (Å²) < 4.78 is 11.8. The van der Waals surface area contributed by atoms with Gasteiger partial charge in [-0.1, -0.05) is 23.9 Å². The number of fused-ring (bicyclic) bond motifs is 1. The van der Waals surface area contributed by atoms with Crippen LogP contribution in [0.3, 0.4) is 0 Å². The van der Waals surface area contributed by atoms with E-state index in [9.17, 15) is 4.79 Å². The fraction of sp³-hybridized carbons (Fsp3) is 0.158. The summed E-state index contributed by atoms with van der Waals surface area (Å²) in [6.07, 6.45) is 0. The number of nitrogens with zero attached hydrogens (tertiary/aromatic N) is 3. The molecule has 0 saturated carbocycles. The second-order valence-corrected chi connectivity index (χ2v) is 7.78. The summed E-state index contributed by atoms with van der Waals surface area (Å²) in [6, 6.07) is 15.2. The Labute approximate surface area is 169 Å². The SMILES string of the molecule is COc1ccc(-c2nnc(SCC(=O)NCc3nc4ccccc4s3)o2)cc1. The molecular formula is C19H16N4O3S2. The van der Waals surface area contributed by atoms with Crippen molar-refractivity contribution in [1.29, 1.82) is 0 Å². The van der Waals surface area contributed by atoms with E-state index in [1.165, 1.54) is 11.8 Å². The van der Waals surface area contributed by atoms with Crippen LogP contribution in [-0.4, -0.2) is 34.0 Å². The lowest BCUT2D eigenvalue weighted by atomic mass is 10.2. The Morgan fingerprint density at radius 2 is 2.00 bits per heavy atom. The number of carbonyl (C=O) groups excluding carboxylic acids is 1. The lowest BCUT2D eigenvalue weighted by molar-refractivity contribution is -0.118. The summed E-state index contributed by atoms with van der Waals surface area (Å²) in [4.78, 5) is 16.6. The van der Waals surface area contributed by atoms with Gasteiger partial charge in [-0.25, -0.2) is 4.98 Å². The molecule has 9 heteroatoms. The first-order valence-corrected chi connectivity index (χ1v) is 10.2. The van der Waals surface area contributed by atoms with E-state index in [1.807, 2.05) is 48.5 Å². The van der Waals surface area contributed by atoms with E-state index < -0.39 is 0 Å². The highest BCUT2D eigenvalue weighted by Crippen LogP contribution is 2.25. The number of methoxy groups -OCH3 is 1. The van der Waals surface area contributed by atoms with Gasteiger partial charge >= 0.3 is 0 Å². The highest BCUT2D eigenvalue weighted by molar-refractivity contribution is 7.99. The number of amides is 1. The van der Waals surface area contributed by atoms with E-state index in [2.05, 4.69) is 20.5 Å². The highest BCUT2D eigenvalue weighted by atomic mass is 32.2. The molecule has 28 heavy (non-hydrogen) atoms. The summed E-state index contributed by atoms with van der Waals surface area (Å²) in [6.45, 7) is 0.402. The van der Waals surface area contributed by atoms with Gasteiger partial charge in [0.25, 0.3) is 5.22 Å². The molecule has 0 aliphatic heterocycles. The molecule has 7 nitrogen and oxygen atoms in total. The van der Waals surface area contributed by atoms with Crippen LogP contribution in [0.1, 0.15) is 5.01 Å². The Hall–Kier alpha value is -2.91. The summed E-state index contributed by atoms with van der Waals surface area (Å²) in [5, 5.41) is 12.1. The summed E-state index contributed by atoms with van der Waals surface area (Å²) in [5.41, 5.74) is 1.74. The molecule has 1 N–H and O–H groups in total. The molecule has 142 valence electrons. The molecule has 1 amide bonds. The summed E-state index contributed by atoms with van der Waals surface area (Å²) in [5.74, 6) is 1.23. The van der Waals surface area contributed by atoms with Gasteiger partial charge in [-0.05, 0) is 36.4 Å². The van der Waals surface area contributed by atoms with Crippen LogP contribution < -0.4 is 10.1 Å². The van der Waals surface area contributed by atoms with Crippen molar-refractivity contribution in [2.75, 3.05) is 12.9 Å². The van der Waals surface area contributed by atoms with Gasteiger partial charge in [0.2, 0.25) is 11.8 Å². The largest absolute Gasteiger partial charge is 0.497 e. The van der Waals surface area contributed by atoms with Crippen molar-refractivity contribution in [3.63, 3.8) is 0 Å². The van der Waals surface area contributed by atoms with Gasteiger partial charge in [0.15, 0.2) is 0 Å². The molecular weight excluding hydrogens is 396 g/mol. The molecule has 2 aromatic heterocycles. The van der Waals surface area contributed by atoms with E-state index in [0.717, 1.165) is 26.5 Å². The molecule has 2 heterocycles. The number of benzene rings is 2. The van der Waals surface area contributed by atoms with Gasteiger partial charge in [-0.2, -0.15) is 0 Å². The van der Waals surface area contributed by atoms with Crippen LogP contribution >= 0.6 is 23.1 Å². The first-order chi connectivity index (χ1) is 13.7. The number of thioether (sulfide) groups is 1. The van der Waals surface area contributed by atoms with Crippen molar-refractivity contribution in [2.24, 2.45) is 0 Å². The average Bonchev–Trinajstić information content (AvgIpc) is 3.37. The number of para-hydroxylation sites is 1. The van der Waals surface area contributed by atoms with E-state index in [-0.39, 0.29) is 11.7 Å². The quantitative estimate of drug-likeness (QED) is 0.462. The molecule has 0 atom stereocenters. The van der Waals surface area contributed by atoms with Crippen molar-refractivity contribution in [3.05, 3.63) is 53.5 Å². The fourth-order valence-electron chi connectivity index (χ4n) is 2.47. The average molecular weight is 412 g/mol. The van der Waals surface area contributed by atoms with Gasteiger partial charge < -0.3 is 14.5 Å². The lowest BCUT2D eigenvalue weighted by Gasteiger charge is -2.01. The Bertz CT molecular complexity index is 1060.